The van der Waals surface area contributed by atoms with Gasteiger partial charge in [-0.25, -0.2) is 0 Å². The van der Waals surface area contributed by atoms with Crippen LogP contribution in [0.5, 0.6) is 0 Å². The third-order valence-corrected chi connectivity index (χ3v) is 5.18. The van der Waals surface area contributed by atoms with Crippen LogP contribution in [0.1, 0.15) is 30.7 Å². The number of aryl methyl sites for hydroxylation is 2. The van der Waals surface area contributed by atoms with Gasteiger partial charge in [-0.05, 0) is 18.1 Å². The maximum absolute atomic E-state index is 13.2. The lowest BCUT2D eigenvalue weighted by atomic mass is 10.1. The van der Waals surface area contributed by atoms with E-state index in [-0.39, 0.29) is 12.4 Å². The Morgan fingerprint density at radius 1 is 1.11 bits per heavy atom. The molecule has 0 amide bonds. The smallest absolute Gasteiger partial charge is 0.147 e. The summed E-state index contributed by atoms with van der Waals surface area (Å²) in [5.74, 6) is 0. The quantitative estimate of drug-likeness (QED) is 0.610. The molecule has 1 aromatic carbocycles. The Bertz CT molecular complexity index is 558. The van der Waals surface area contributed by atoms with Crippen LogP contribution in [0, 0.1) is 0 Å². The lowest BCUT2D eigenvalue weighted by Crippen LogP contribution is -1.97. The minimum atomic E-state index is -4.15. The van der Waals surface area contributed by atoms with Gasteiger partial charge >= 0.3 is 5.51 Å². The molecule has 2 rings (SSSR count). The maximum Gasteiger partial charge on any atom is 0.600 e. The van der Waals surface area contributed by atoms with Crippen molar-refractivity contribution >= 4 is 33.0 Å². The fraction of sp³-hybridized carbons (Fsp3) is 0.429. The first kappa shape index (κ1) is 16.3. The average Bonchev–Trinajstić information content (AvgIpc) is 2.66. The van der Waals surface area contributed by atoms with Gasteiger partial charge in [0.1, 0.15) is 0 Å². The number of thiophene rings is 1. The van der Waals surface area contributed by atoms with Gasteiger partial charge < -0.3 is 0 Å². The van der Waals surface area contributed by atoms with Crippen molar-refractivity contribution in [3.63, 3.8) is 0 Å². The number of alkyl halides is 3. The number of benzene rings is 1. The molecule has 2 aromatic rings. The molecule has 5 heteroatoms. The van der Waals surface area contributed by atoms with Crippen LogP contribution in [-0.2, 0) is 18.3 Å². The highest BCUT2D eigenvalue weighted by atomic mass is 35.5. The number of hydrogen-bond acceptors (Lipinski definition) is 0. The molecule has 0 aliphatic heterocycles. The summed E-state index contributed by atoms with van der Waals surface area (Å²) >= 11 is 0. The van der Waals surface area contributed by atoms with Crippen molar-refractivity contribution < 1.29 is 13.2 Å². The zero-order chi connectivity index (χ0) is 13.3. The molecule has 0 aliphatic carbocycles. The zero-order valence-electron chi connectivity index (χ0n) is 10.9. The molecule has 0 saturated carbocycles. The Labute approximate surface area is 120 Å². The summed E-state index contributed by atoms with van der Waals surface area (Å²) in [6, 6.07) is 7.22. The fourth-order valence-electron chi connectivity index (χ4n) is 2.21. The molecule has 0 fully saturated rings. The van der Waals surface area contributed by atoms with E-state index in [0.29, 0.717) is 16.0 Å². The van der Waals surface area contributed by atoms with Gasteiger partial charge in [0, 0.05) is 23.9 Å². The normalized spacial score (nSPS) is 12.6. The highest BCUT2D eigenvalue weighted by Crippen LogP contribution is 2.51. The van der Waals surface area contributed by atoms with E-state index in [9.17, 15) is 13.2 Å². The monoisotopic (exact) mass is 309 g/mol. The number of halogens is 4. The first-order chi connectivity index (χ1) is 8.47. The lowest BCUT2D eigenvalue weighted by molar-refractivity contribution is -0.0867. The minimum Gasteiger partial charge on any atom is -0.147 e. The van der Waals surface area contributed by atoms with E-state index in [0.717, 1.165) is 23.8 Å². The number of hydrogen-bond donors (Lipinski definition) is 0. The summed E-state index contributed by atoms with van der Waals surface area (Å²) in [6.45, 7) is 3.82. The SMILES string of the molecule is CCCc1ccc2cc(CC)[s+](C(F)(F)F)c2c1.Cl. The molecule has 0 bridgehead atoms. The van der Waals surface area contributed by atoms with Crippen LogP contribution in [0.25, 0.3) is 10.1 Å². The predicted molar refractivity (Wildman–Crippen MR) is 78.3 cm³/mol. The van der Waals surface area contributed by atoms with Gasteiger partial charge in [0.05, 0.1) is 10.5 Å². The van der Waals surface area contributed by atoms with Crippen molar-refractivity contribution in [2.45, 2.75) is 38.6 Å². The number of fused-ring (bicyclic) bond motifs is 1. The van der Waals surface area contributed by atoms with E-state index in [1.165, 1.54) is 0 Å². The standard InChI is InChI=1S/C14H16F3S.ClH/c1-3-5-10-6-7-11-9-12(4-2)18(13(11)8-10)14(15,16)17;/h6-9H,3-5H2,1-2H3;1H/q+1;. The molecule has 0 saturated heterocycles. The molecule has 19 heavy (non-hydrogen) atoms. The third-order valence-electron chi connectivity index (χ3n) is 3.00. The highest BCUT2D eigenvalue weighted by molar-refractivity contribution is 7.38. The van der Waals surface area contributed by atoms with Crippen molar-refractivity contribution in [3.8, 4) is 0 Å². The second kappa shape index (κ2) is 6.14. The van der Waals surface area contributed by atoms with Crippen LogP contribution < -0.4 is 0 Å². The van der Waals surface area contributed by atoms with Gasteiger partial charge in [-0.1, -0.05) is 26.3 Å². The molecular formula is C14H17ClF3S+. The summed E-state index contributed by atoms with van der Waals surface area (Å²) in [7, 11) is -1.71. The largest absolute Gasteiger partial charge is 0.600 e. The molecule has 0 radical (unpaired) electrons. The van der Waals surface area contributed by atoms with Crippen molar-refractivity contribution in [2.24, 2.45) is 0 Å². The van der Waals surface area contributed by atoms with Gasteiger partial charge in [0.2, 0.25) is 0 Å². The minimum absolute atomic E-state index is 0. The maximum atomic E-state index is 13.2. The van der Waals surface area contributed by atoms with Crippen LogP contribution in [0.2, 0.25) is 0 Å². The molecule has 1 aromatic heterocycles. The first-order valence-corrected chi connectivity index (χ1v) is 7.34. The third kappa shape index (κ3) is 3.23. The molecule has 0 aliphatic rings. The van der Waals surface area contributed by atoms with Gasteiger partial charge in [-0.2, -0.15) is 0 Å². The van der Waals surface area contributed by atoms with Crippen LogP contribution in [-0.4, -0.2) is 0 Å². The second-order valence-corrected chi connectivity index (χ2v) is 6.38. The van der Waals surface area contributed by atoms with Crippen LogP contribution in [0.4, 0.5) is 13.2 Å². The fourth-order valence-corrected chi connectivity index (χ4v) is 4.21. The predicted octanol–water partition coefficient (Wildman–Crippen LogP) is 6.00. The molecular weight excluding hydrogens is 293 g/mol. The van der Waals surface area contributed by atoms with E-state index >= 15 is 0 Å². The van der Waals surface area contributed by atoms with E-state index in [1.54, 1.807) is 19.1 Å². The van der Waals surface area contributed by atoms with Crippen molar-refractivity contribution in [1.29, 1.82) is 0 Å². The Morgan fingerprint density at radius 3 is 2.32 bits per heavy atom. The summed E-state index contributed by atoms with van der Waals surface area (Å²) in [5.41, 5.74) is -3.15. The Morgan fingerprint density at radius 2 is 1.79 bits per heavy atom. The molecule has 0 N–H and O–H groups in total. The van der Waals surface area contributed by atoms with E-state index in [2.05, 4.69) is 0 Å². The molecule has 1 atom stereocenters. The Hall–Kier alpha value is -0.740. The molecule has 0 spiro atoms. The molecule has 0 nitrogen and oxygen atoms in total. The van der Waals surface area contributed by atoms with Gasteiger partial charge in [0.25, 0.3) is 0 Å². The van der Waals surface area contributed by atoms with Gasteiger partial charge in [-0.15, -0.1) is 25.6 Å². The summed E-state index contributed by atoms with van der Waals surface area (Å²) in [5, 5.41) is 0.743. The van der Waals surface area contributed by atoms with Crippen molar-refractivity contribution in [1.82, 2.24) is 0 Å². The Kier molecular flexibility index (Phi) is 5.27. The number of rotatable bonds is 3. The van der Waals surface area contributed by atoms with Crippen LogP contribution in [0.3, 0.4) is 0 Å². The zero-order valence-corrected chi connectivity index (χ0v) is 12.5. The van der Waals surface area contributed by atoms with E-state index in [1.807, 2.05) is 19.1 Å². The topological polar surface area (TPSA) is 0 Å². The van der Waals surface area contributed by atoms with Crippen molar-refractivity contribution in [2.75, 3.05) is 0 Å². The summed E-state index contributed by atoms with van der Waals surface area (Å²) in [6.07, 6.45) is 2.25. The first-order valence-electron chi connectivity index (χ1n) is 6.12. The lowest BCUT2D eigenvalue weighted by Gasteiger charge is -2.00. The van der Waals surface area contributed by atoms with E-state index < -0.39 is 16.0 Å². The van der Waals surface area contributed by atoms with Crippen LogP contribution in [0.15, 0.2) is 24.3 Å². The van der Waals surface area contributed by atoms with E-state index in [4.69, 9.17) is 0 Å². The average molecular weight is 310 g/mol. The molecule has 1 heterocycles. The van der Waals surface area contributed by atoms with Gasteiger partial charge in [-0.3, -0.25) is 0 Å². The Balaban J connectivity index is 0.00000180. The summed E-state index contributed by atoms with van der Waals surface area (Å²) in [4.78, 5) is 0.506. The molecule has 1 unspecified atom stereocenters. The summed E-state index contributed by atoms with van der Waals surface area (Å²) < 4.78 is 40.0. The second-order valence-electron chi connectivity index (χ2n) is 4.34. The molecule has 106 valence electrons. The highest BCUT2D eigenvalue weighted by Gasteiger charge is 2.47. The van der Waals surface area contributed by atoms with Crippen molar-refractivity contribution in [3.05, 3.63) is 34.7 Å². The van der Waals surface area contributed by atoms with Gasteiger partial charge in [0.15, 0.2) is 9.58 Å². The van der Waals surface area contributed by atoms with Crippen LogP contribution >= 0.6 is 22.9 Å².